The summed E-state index contributed by atoms with van der Waals surface area (Å²) in [5.74, 6) is -2.51. The Kier molecular flexibility index (Phi) is 13.1. The summed E-state index contributed by atoms with van der Waals surface area (Å²) in [6.45, 7) is 2.35. The summed E-state index contributed by atoms with van der Waals surface area (Å²) in [5, 5.41) is 23.9. The summed E-state index contributed by atoms with van der Waals surface area (Å²) >= 11 is 0. The maximum absolute atomic E-state index is 9.55. The summed E-state index contributed by atoms with van der Waals surface area (Å²) < 4.78 is 0. The van der Waals surface area contributed by atoms with Crippen molar-refractivity contribution in [1.82, 2.24) is 0 Å². The van der Waals surface area contributed by atoms with Crippen LogP contribution in [0.15, 0.2) is 24.3 Å². The third-order valence-corrected chi connectivity index (χ3v) is 1.07. The quantitative estimate of drug-likeness (QED) is 0.471. The van der Waals surface area contributed by atoms with Gasteiger partial charge in [0.15, 0.2) is 0 Å². The van der Waals surface area contributed by atoms with Gasteiger partial charge in [0.2, 0.25) is 0 Å². The number of aliphatic hydroxyl groups is 1. The van der Waals surface area contributed by atoms with Gasteiger partial charge in [-0.3, -0.25) is 0 Å². The first kappa shape index (κ1) is 15.8. The molecule has 0 atom stereocenters. The first-order valence-electron chi connectivity index (χ1n) is 4.44. The van der Waals surface area contributed by atoms with Crippen molar-refractivity contribution in [3.05, 3.63) is 24.3 Å². The lowest BCUT2D eigenvalue weighted by Crippen LogP contribution is -1.91. The number of carboxylic acids is 2. The normalized spacial score (nSPS) is 10.0. The Bertz CT molecular complexity index is 214. The molecule has 0 amide bonds. The van der Waals surface area contributed by atoms with Gasteiger partial charge in [-0.1, -0.05) is 19.1 Å². The molecule has 0 aliphatic carbocycles. The maximum atomic E-state index is 9.55. The van der Waals surface area contributed by atoms with Crippen LogP contribution in [0.2, 0.25) is 0 Å². The van der Waals surface area contributed by atoms with Crippen LogP contribution < -0.4 is 0 Å². The van der Waals surface area contributed by atoms with E-state index < -0.39 is 11.9 Å². The third-order valence-electron chi connectivity index (χ3n) is 1.07. The Labute approximate surface area is 88.4 Å². The van der Waals surface area contributed by atoms with E-state index >= 15 is 0 Å². The lowest BCUT2D eigenvalue weighted by molar-refractivity contribution is -0.134. The fourth-order valence-electron chi connectivity index (χ4n) is 0.502. The molecule has 0 aromatic carbocycles. The number of rotatable bonds is 5. The van der Waals surface area contributed by atoms with Crippen molar-refractivity contribution in [1.29, 1.82) is 0 Å². The number of hydrogen-bond acceptors (Lipinski definition) is 3. The fourth-order valence-corrected chi connectivity index (χ4v) is 0.502. The second-order valence-corrected chi connectivity index (χ2v) is 2.40. The average Bonchev–Trinajstić information content (AvgIpc) is 2.17. The van der Waals surface area contributed by atoms with E-state index in [4.69, 9.17) is 15.3 Å². The largest absolute Gasteiger partial charge is 0.478 e. The lowest BCUT2D eigenvalue weighted by Gasteiger charge is -1.79. The van der Waals surface area contributed by atoms with E-state index in [1.54, 1.807) is 0 Å². The standard InChI is InChI=1S/C6H12O.C4H4O4/c1-2-3-4-5-6-7;5-3(6)1-2-4(7)8/h3-4,7H,2,5-6H2,1H3;1-2H,(H,5,6)(H,7,8)/b;2-1-. The molecule has 86 valence electrons. The number of aliphatic carboxylic acids is 2. The molecule has 0 bridgehead atoms. The number of aliphatic hydroxyl groups excluding tert-OH is 1. The summed E-state index contributed by atoms with van der Waals surface area (Å²) in [5.41, 5.74) is 0. The zero-order valence-corrected chi connectivity index (χ0v) is 8.59. The molecule has 5 heteroatoms. The van der Waals surface area contributed by atoms with Gasteiger partial charge >= 0.3 is 11.9 Å². The molecule has 0 radical (unpaired) electrons. The Hall–Kier alpha value is -1.62. The molecule has 0 saturated carbocycles. The highest BCUT2D eigenvalue weighted by atomic mass is 16.4. The number of hydrogen-bond donors (Lipinski definition) is 3. The Morgan fingerprint density at radius 3 is 1.80 bits per heavy atom. The van der Waals surface area contributed by atoms with Gasteiger partial charge < -0.3 is 15.3 Å². The van der Waals surface area contributed by atoms with Crippen LogP contribution in [0.25, 0.3) is 0 Å². The average molecular weight is 216 g/mol. The minimum Gasteiger partial charge on any atom is -0.478 e. The van der Waals surface area contributed by atoms with Crippen LogP contribution in [-0.2, 0) is 9.59 Å². The molecule has 0 spiro atoms. The Balaban J connectivity index is 0. The highest BCUT2D eigenvalue weighted by Crippen LogP contribution is 1.82. The van der Waals surface area contributed by atoms with Gasteiger partial charge in [0.25, 0.3) is 0 Å². The van der Waals surface area contributed by atoms with Crippen LogP contribution in [0.1, 0.15) is 19.8 Å². The van der Waals surface area contributed by atoms with Crippen molar-refractivity contribution < 1.29 is 24.9 Å². The van der Waals surface area contributed by atoms with Crippen molar-refractivity contribution in [2.75, 3.05) is 6.61 Å². The minimum absolute atomic E-state index is 0.274. The van der Waals surface area contributed by atoms with Crippen LogP contribution in [0.3, 0.4) is 0 Å². The lowest BCUT2D eigenvalue weighted by atomic mass is 10.3. The predicted octanol–water partition coefficient (Wildman–Crippen LogP) is 1.05. The van der Waals surface area contributed by atoms with Gasteiger partial charge in [0.05, 0.1) is 0 Å². The van der Waals surface area contributed by atoms with Crippen LogP contribution in [0.5, 0.6) is 0 Å². The second-order valence-electron chi connectivity index (χ2n) is 2.40. The molecule has 15 heavy (non-hydrogen) atoms. The molecule has 0 aliphatic rings. The van der Waals surface area contributed by atoms with Crippen LogP contribution in [-0.4, -0.2) is 33.9 Å². The molecule has 0 aromatic rings. The highest BCUT2D eigenvalue weighted by molar-refractivity contribution is 5.89. The van der Waals surface area contributed by atoms with Crippen LogP contribution in [0.4, 0.5) is 0 Å². The molecular formula is C10H16O5. The molecule has 0 aliphatic heterocycles. The monoisotopic (exact) mass is 216 g/mol. The molecule has 5 nitrogen and oxygen atoms in total. The first-order chi connectivity index (χ1) is 7.04. The predicted molar refractivity (Wildman–Crippen MR) is 55.5 cm³/mol. The van der Waals surface area contributed by atoms with E-state index in [1.807, 2.05) is 6.08 Å². The summed E-state index contributed by atoms with van der Waals surface area (Å²) in [7, 11) is 0. The summed E-state index contributed by atoms with van der Waals surface area (Å²) in [6.07, 6.45) is 7.02. The molecule has 0 fully saturated rings. The van der Waals surface area contributed by atoms with E-state index in [0.717, 1.165) is 12.8 Å². The Morgan fingerprint density at radius 2 is 1.53 bits per heavy atom. The van der Waals surface area contributed by atoms with E-state index in [9.17, 15) is 9.59 Å². The number of carbonyl (C=O) groups is 2. The van der Waals surface area contributed by atoms with E-state index in [-0.39, 0.29) is 6.61 Å². The van der Waals surface area contributed by atoms with Crippen LogP contribution in [0, 0.1) is 0 Å². The third kappa shape index (κ3) is 24.5. The molecule has 0 unspecified atom stereocenters. The smallest absolute Gasteiger partial charge is 0.328 e. The molecular weight excluding hydrogens is 200 g/mol. The van der Waals surface area contributed by atoms with E-state index in [1.165, 1.54) is 0 Å². The fraction of sp³-hybridized carbons (Fsp3) is 0.400. The van der Waals surface area contributed by atoms with Crippen molar-refractivity contribution in [2.24, 2.45) is 0 Å². The topological polar surface area (TPSA) is 94.8 Å². The molecule has 3 N–H and O–H groups in total. The van der Waals surface area contributed by atoms with E-state index in [2.05, 4.69) is 13.0 Å². The summed E-state index contributed by atoms with van der Waals surface area (Å²) in [4.78, 5) is 19.1. The van der Waals surface area contributed by atoms with Crippen molar-refractivity contribution in [3.63, 3.8) is 0 Å². The van der Waals surface area contributed by atoms with Crippen molar-refractivity contribution in [2.45, 2.75) is 19.8 Å². The maximum Gasteiger partial charge on any atom is 0.328 e. The first-order valence-corrected chi connectivity index (χ1v) is 4.44. The molecule has 0 aromatic heterocycles. The van der Waals surface area contributed by atoms with Crippen molar-refractivity contribution in [3.8, 4) is 0 Å². The molecule has 0 rings (SSSR count). The second kappa shape index (κ2) is 12.4. The number of allylic oxidation sites excluding steroid dienone is 1. The van der Waals surface area contributed by atoms with Gasteiger partial charge in [-0.25, -0.2) is 9.59 Å². The summed E-state index contributed by atoms with van der Waals surface area (Å²) in [6, 6.07) is 0. The van der Waals surface area contributed by atoms with Gasteiger partial charge in [-0.15, -0.1) is 0 Å². The van der Waals surface area contributed by atoms with Gasteiger partial charge in [0, 0.05) is 18.8 Å². The van der Waals surface area contributed by atoms with Gasteiger partial charge in [0.1, 0.15) is 0 Å². The molecule has 0 saturated heterocycles. The minimum atomic E-state index is -1.26. The van der Waals surface area contributed by atoms with Gasteiger partial charge in [-0.2, -0.15) is 0 Å². The highest BCUT2D eigenvalue weighted by Gasteiger charge is 1.88. The number of carboxylic acid groups (broad SMARTS) is 2. The Morgan fingerprint density at radius 1 is 1.07 bits per heavy atom. The van der Waals surface area contributed by atoms with Crippen molar-refractivity contribution >= 4 is 11.9 Å². The van der Waals surface area contributed by atoms with Crippen LogP contribution >= 0.6 is 0 Å². The SMILES string of the molecule is CCC=CCCO.O=C(O)/C=C\C(=O)O. The zero-order chi connectivity index (χ0) is 12.1. The zero-order valence-electron chi connectivity index (χ0n) is 8.59. The molecule has 0 heterocycles. The van der Waals surface area contributed by atoms with Gasteiger partial charge in [-0.05, 0) is 12.8 Å². The van der Waals surface area contributed by atoms with E-state index in [0.29, 0.717) is 12.2 Å².